The molecule has 1 aromatic heterocycles. The minimum atomic E-state index is 0.211. The van der Waals surface area contributed by atoms with Gasteiger partial charge in [0, 0.05) is 52.9 Å². The van der Waals surface area contributed by atoms with Gasteiger partial charge >= 0.3 is 0 Å². The van der Waals surface area contributed by atoms with E-state index in [-0.39, 0.29) is 5.78 Å². The first-order valence-corrected chi connectivity index (χ1v) is 9.68. The van der Waals surface area contributed by atoms with Gasteiger partial charge in [0.1, 0.15) is 0 Å². The number of nitrogens with zero attached hydrogens (tertiary/aromatic N) is 1. The summed E-state index contributed by atoms with van der Waals surface area (Å²) in [5.41, 5.74) is 4.47. The summed E-state index contributed by atoms with van der Waals surface area (Å²) in [6.45, 7) is 3.94. The lowest BCUT2D eigenvalue weighted by Crippen LogP contribution is -2.33. The summed E-state index contributed by atoms with van der Waals surface area (Å²) in [5, 5.41) is 2.00. The maximum absolute atomic E-state index is 11.8. The molecular formula is C22H23ClN2O. The molecule has 4 rings (SSSR count). The number of Topliss-reactive ketones (excluding diaryl/α,β-unsaturated/α-hetero) is 1. The summed E-state index contributed by atoms with van der Waals surface area (Å²) >= 11 is 6.30. The number of rotatable bonds is 4. The molecule has 26 heavy (non-hydrogen) atoms. The SMILES string of the molecule is CCC(=O)c1ccc(C2CCN(c3cc(Cl)cc4[nH]ccc34)CC2)cc1. The first-order chi connectivity index (χ1) is 12.7. The van der Waals surface area contributed by atoms with Crippen molar-refractivity contribution in [3.63, 3.8) is 0 Å². The zero-order valence-electron chi connectivity index (χ0n) is 15.0. The number of H-pyrrole nitrogens is 1. The zero-order chi connectivity index (χ0) is 18.1. The van der Waals surface area contributed by atoms with Gasteiger partial charge in [0.25, 0.3) is 0 Å². The normalized spacial score (nSPS) is 15.5. The lowest BCUT2D eigenvalue weighted by Gasteiger charge is -2.34. The second-order valence-electron chi connectivity index (χ2n) is 7.02. The van der Waals surface area contributed by atoms with Crippen LogP contribution in [0.4, 0.5) is 5.69 Å². The predicted octanol–water partition coefficient (Wildman–Crippen LogP) is 5.80. The highest BCUT2D eigenvalue weighted by atomic mass is 35.5. The molecule has 1 saturated heterocycles. The average Bonchev–Trinajstić information content (AvgIpc) is 3.15. The molecule has 0 amide bonds. The van der Waals surface area contributed by atoms with Crippen LogP contribution in [0.25, 0.3) is 10.9 Å². The molecule has 3 aromatic rings. The Kier molecular flexibility index (Phi) is 4.73. The molecule has 134 valence electrons. The lowest BCUT2D eigenvalue weighted by atomic mass is 9.88. The van der Waals surface area contributed by atoms with Crippen LogP contribution in [0.2, 0.25) is 5.02 Å². The Morgan fingerprint density at radius 3 is 2.58 bits per heavy atom. The Morgan fingerprint density at radius 1 is 1.15 bits per heavy atom. The Labute approximate surface area is 159 Å². The topological polar surface area (TPSA) is 36.1 Å². The molecule has 3 nitrogen and oxygen atoms in total. The molecule has 2 heterocycles. The van der Waals surface area contributed by atoms with Gasteiger partial charge in [-0.25, -0.2) is 0 Å². The summed E-state index contributed by atoms with van der Waals surface area (Å²) < 4.78 is 0. The molecule has 0 saturated carbocycles. The van der Waals surface area contributed by atoms with E-state index in [2.05, 4.69) is 34.1 Å². The number of aromatic amines is 1. The van der Waals surface area contributed by atoms with E-state index in [9.17, 15) is 4.79 Å². The van der Waals surface area contributed by atoms with E-state index in [4.69, 9.17) is 11.6 Å². The number of nitrogens with one attached hydrogen (secondary N) is 1. The Balaban J connectivity index is 1.48. The molecule has 0 unspecified atom stereocenters. The van der Waals surface area contributed by atoms with Crippen LogP contribution in [0.3, 0.4) is 0 Å². The second-order valence-corrected chi connectivity index (χ2v) is 7.46. The Hall–Kier alpha value is -2.26. The highest BCUT2D eigenvalue weighted by molar-refractivity contribution is 6.31. The maximum Gasteiger partial charge on any atom is 0.162 e. The van der Waals surface area contributed by atoms with Crippen LogP contribution in [0.15, 0.2) is 48.7 Å². The van der Waals surface area contributed by atoms with Gasteiger partial charge in [-0.1, -0.05) is 42.8 Å². The van der Waals surface area contributed by atoms with E-state index in [1.165, 1.54) is 16.6 Å². The highest BCUT2D eigenvalue weighted by Crippen LogP contribution is 2.35. The van der Waals surface area contributed by atoms with Crippen molar-refractivity contribution >= 4 is 34.0 Å². The largest absolute Gasteiger partial charge is 0.371 e. The van der Waals surface area contributed by atoms with Gasteiger partial charge in [-0.3, -0.25) is 4.79 Å². The minimum absolute atomic E-state index is 0.211. The molecule has 1 aliphatic heterocycles. The van der Waals surface area contributed by atoms with E-state index in [1.54, 1.807) is 0 Å². The zero-order valence-corrected chi connectivity index (χ0v) is 15.7. The number of ketones is 1. The standard InChI is InChI=1S/C22H23ClN2O/c1-2-22(26)17-5-3-15(4-6-17)16-8-11-25(12-9-16)21-14-18(23)13-20-19(21)7-10-24-20/h3-7,10,13-14,16,24H,2,8-9,11-12H2,1H3. The number of piperidine rings is 1. The van der Waals surface area contributed by atoms with Crippen molar-refractivity contribution in [3.8, 4) is 0 Å². The second kappa shape index (κ2) is 7.16. The van der Waals surface area contributed by atoms with E-state index in [1.807, 2.05) is 31.3 Å². The molecule has 0 atom stereocenters. The van der Waals surface area contributed by atoms with Crippen molar-refractivity contribution < 1.29 is 4.79 Å². The van der Waals surface area contributed by atoms with Crippen LogP contribution in [-0.4, -0.2) is 23.9 Å². The van der Waals surface area contributed by atoms with Gasteiger partial charge in [-0.2, -0.15) is 0 Å². The summed E-state index contributed by atoms with van der Waals surface area (Å²) in [7, 11) is 0. The van der Waals surface area contributed by atoms with E-state index >= 15 is 0 Å². The fourth-order valence-electron chi connectivity index (χ4n) is 3.97. The number of hydrogen-bond acceptors (Lipinski definition) is 2. The smallest absolute Gasteiger partial charge is 0.162 e. The molecular weight excluding hydrogens is 344 g/mol. The van der Waals surface area contributed by atoms with Crippen molar-refractivity contribution in [2.75, 3.05) is 18.0 Å². The van der Waals surface area contributed by atoms with Gasteiger partial charge in [0.2, 0.25) is 0 Å². The van der Waals surface area contributed by atoms with E-state index < -0.39 is 0 Å². The molecule has 0 spiro atoms. The van der Waals surface area contributed by atoms with Crippen LogP contribution in [-0.2, 0) is 0 Å². The summed E-state index contributed by atoms with van der Waals surface area (Å²) in [5.74, 6) is 0.765. The number of halogens is 1. The summed E-state index contributed by atoms with van der Waals surface area (Å²) in [6.07, 6.45) is 4.75. The van der Waals surface area contributed by atoms with Crippen LogP contribution >= 0.6 is 11.6 Å². The quantitative estimate of drug-likeness (QED) is 0.592. The number of carbonyl (C=O) groups excluding carboxylic acids is 1. The molecule has 4 heteroatoms. The summed E-state index contributed by atoms with van der Waals surface area (Å²) in [4.78, 5) is 17.5. The number of benzene rings is 2. The van der Waals surface area contributed by atoms with Gasteiger partial charge in [0.05, 0.1) is 0 Å². The van der Waals surface area contributed by atoms with Gasteiger partial charge in [-0.05, 0) is 42.5 Å². The van der Waals surface area contributed by atoms with Crippen LogP contribution < -0.4 is 4.90 Å². The molecule has 0 aliphatic carbocycles. The third-order valence-corrected chi connectivity index (χ3v) is 5.69. The lowest BCUT2D eigenvalue weighted by molar-refractivity contribution is 0.0988. The number of anilines is 1. The predicted molar refractivity (Wildman–Crippen MR) is 109 cm³/mol. The average molecular weight is 367 g/mol. The number of aromatic nitrogens is 1. The fourth-order valence-corrected chi connectivity index (χ4v) is 4.19. The minimum Gasteiger partial charge on any atom is -0.371 e. The number of hydrogen-bond donors (Lipinski definition) is 1. The van der Waals surface area contributed by atoms with Crippen molar-refractivity contribution in [1.29, 1.82) is 0 Å². The molecule has 0 radical (unpaired) electrons. The molecule has 0 bridgehead atoms. The first-order valence-electron chi connectivity index (χ1n) is 9.30. The summed E-state index contributed by atoms with van der Waals surface area (Å²) in [6, 6.07) is 14.4. The van der Waals surface area contributed by atoms with Crippen molar-refractivity contribution in [3.05, 3.63) is 64.8 Å². The van der Waals surface area contributed by atoms with Crippen molar-refractivity contribution in [2.45, 2.75) is 32.1 Å². The Morgan fingerprint density at radius 2 is 1.88 bits per heavy atom. The number of fused-ring (bicyclic) bond motifs is 1. The van der Waals surface area contributed by atoms with E-state index in [0.717, 1.165) is 42.0 Å². The maximum atomic E-state index is 11.8. The molecule has 1 N–H and O–H groups in total. The van der Waals surface area contributed by atoms with Gasteiger partial charge in [-0.15, -0.1) is 0 Å². The first kappa shape index (κ1) is 17.2. The third kappa shape index (κ3) is 3.24. The van der Waals surface area contributed by atoms with Crippen LogP contribution in [0.1, 0.15) is 48.0 Å². The van der Waals surface area contributed by atoms with Crippen LogP contribution in [0.5, 0.6) is 0 Å². The molecule has 1 fully saturated rings. The monoisotopic (exact) mass is 366 g/mol. The van der Waals surface area contributed by atoms with Crippen LogP contribution in [0, 0.1) is 0 Å². The van der Waals surface area contributed by atoms with Crippen molar-refractivity contribution in [2.24, 2.45) is 0 Å². The third-order valence-electron chi connectivity index (χ3n) is 5.47. The fraction of sp³-hybridized carbons (Fsp3) is 0.318. The molecule has 2 aromatic carbocycles. The van der Waals surface area contributed by atoms with Gasteiger partial charge in [0.15, 0.2) is 5.78 Å². The van der Waals surface area contributed by atoms with Gasteiger partial charge < -0.3 is 9.88 Å². The highest BCUT2D eigenvalue weighted by Gasteiger charge is 2.22. The number of carbonyl (C=O) groups is 1. The van der Waals surface area contributed by atoms with Crippen molar-refractivity contribution in [1.82, 2.24) is 4.98 Å². The molecule has 1 aliphatic rings. The Bertz CT molecular complexity index is 921. The van der Waals surface area contributed by atoms with E-state index in [0.29, 0.717) is 12.3 Å².